The number of rotatable bonds is 3. The molecular formula is C15H14F2N2O2. The van der Waals surface area contributed by atoms with E-state index in [-0.39, 0.29) is 12.5 Å². The van der Waals surface area contributed by atoms with E-state index in [0.29, 0.717) is 28.7 Å². The molecule has 110 valence electrons. The third kappa shape index (κ3) is 1.85. The number of hydrogen-bond donors (Lipinski definition) is 1. The highest BCUT2D eigenvalue weighted by Crippen LogP contribution is 2.63. The molecule has 2 saturated carbocycles. The fourth-order valence-electron chi connectivity index (χ4n) is 3.90. The fraction of sp³-hybridized carbons (Fsp3) is 0.467. The maximum atomic E-state index is 13.5. The van der Waals surface area contributed by atoms with Crippen LogP contribution in [0.3, 0.4) is 0 Å². The van der Waals surface area contributed by atoms with Crippen LogP contribution in [0.25, 0.3) is 11.0 Å². The first-order valence-corrected chi connectivity index (χ1v) is 7.13. The number of fused-ring (bicyclic) bond motifs is 2. The Morgan fingerprint density at radius 1 is 1.29 bits per heavy atom. The van der Waals surface area contributed by atoms with Crippen LogP contribution in [0.5, 0.6) is 0 Å². The Labute approximate surface area is 119 Å². The zero-order chi connectivity index (χ0) is 14.7. The zero-order valence-electron chi connectivity index (χ0n) is 11.2. The van der Waals surface area contributed by atoms with Gasteiger partial charge in [0.05, 0.1) is 11.0 Å². The van der Waals surface area contributed by atoms with Crippen LogP contribution in [0.4, 0.5) is 8.78 Å². The van der Waals surface area contributed by atoms with Crippen molar-refractivity contribution in [1.82, 2.24) is 9.55 Å². The molecule has 1 aromatic heterocycles. The molecule has 0 amide bonds. The minimum atomic E-state index is -1.01. The van der Waals surface area contributed by atoms with Crippen LogP contribution in [-0.2, 0) is 11.3 Å². The van der Waals surface area contributed by atoms with Gasteiger partial charge in [0.25, 0.3) is 0 Å². The molecule has 2 unspecified atom stereocenters. The van der Waals surface area contributed by atoms with E-state index in [1.807, 2.05) is 0 Å². The third-order valence-electron chi connectivity index (χ3n) is 4.82. The second-order valence-electron chi connectivity index (χ2n) is 5.99. The molecule has 0 radical (unpaired) electrons. The molecule has 1 aromatic carbocycles. The van der Waals surface area contributed by atoms with Crippen molar-refractivity contribution < 1.29 is 18.7 Å². The molecule has 0 saturated heterocycles. The molecule has 0 spiro atoms. The van der Waals surface area contributed by atoms with Crippen molar-refractivity contribution >= 4 is 17.0 Å². The number of nitrogens with zero attached hydrogens (tertiary/aromatic N) is 2. The molecular weight excluding hydrogens is 278 g/mol. The zero-order valence-corrected chi connectivity index (χ0v) is 11.2. The number of aliphatic carboxylic acids is 1. The second kappa shape index (κ2) is 4.26. The summed E-state index contributed by atoms with van der Waals surface area (Å²) in [6.45, 7) is -0.271. The Morgan fingerprint density at radius 2 is 1.95 bits per heavy atom. The van der Waals surface area contributed by atoms with E-state index in [1.54, 1.807) is 0 Å². The number of hydrogen-bond acceptors (Lipinski definition) is 2. The molecule has 2 aliphatic rings. The van der Waals surface area contributed by atoms with Gasteiger partial charge in [0.2, 0.25) is 0 Å². The van der Waals surface area contributed by atoms with Gasteiger partial charge in [-0.1, -0.05) is 6.42 Å². The Kier molecular flexibility index (Phi) is 2.58. The van der Waals surface area contributed by atoms with Crippen LogP contribution >= 0.6 is 0 Å². The molecule has 2 aromatic rings. The van der Waals surface area contributed by atoms with Crippen molar-refractivity contribution in [1.29, 1.82) is 0 Å². The lowest BCUT2D eigenvalue weighted by molar-refractivity contribution is -0.137. The highest BCUT2D eigenvalue weighted by molar-refractivity contribution is 5.79. The van der Waals surface area contributed by atoms with E-state index in [0.717, 1.165) is 25.0 Å². The number of carbonyl (C=O) groups is 1. The van der Waals surface area contributed by atoms with Gasteiger partial charge in [-0.15, -0.1) is 0 Å². The molecule has 6 heteroatoms. The lowest BCUT2D eigenvalue weighted by atomic mass is 10.1. The smallest absolute Gasteiger partial charge is 0.323 e. The summed E-state index contributed by atoms with van der Waals surface area (Å²) in [5.74, 6) is -0.899. The van der Waals surface area contributed by atoms with Gasteiger partial charge in [-0.2, -0.15) is 0 Å². The summed E-state index contributed by atoms with van der Waals surface area (Å²) in [5.41, 5.74) is 0.686. The molecule has 0 bridgehead atoms. The van der Waals surface area contributed by atoms with Crippen LogP contribution < -0.4 is 0 Å². The van der Waals surface area contributed by atoms with Crippen molar-refractivity contribution in [2.75, 3.05) is 0 Å². The Morgan fingerprint density at radius 3 is 2.62 bits per heavy atom. The topological polar surface area (TPSA) is 55.1 Å². The van der Waals surface area contributed by atoms with Gasteiger partial charge in [-0.05, 0) is 24.7 Å². The highest BCUT2D eigenvalue weighted by atomic mass is 19.2. The summed E-state index contributed by atoms with van der Waals surface area (Å²) in [7, 11) is 0. The molecule has 0 aliphatic heterocycles. The van der Waals surface area contributed by atoms with Gasteiger partial charge in [0.15, 0.2) is 11.6 Å². The summed E-state index contributed by atoms with van der Waals surface area (Å²) < 4.78 is 28.3. The molecule has 2 atom stereocenters. The summed E-state index contributed by atoms with van der Waals surface area (Å²) >= 11 is 0. The van der Waals surface area contributed by atoms with E-state index >= 15 is 0 Å². The van der Waals surface area contributed by atoms with E-state index in [2.05, 4.69) is 4.98 Å². The Balaban J connectivity index is 1.86. The molecule has 1 heterocycles. The standard InChI is InChI=1S/C15H14F2N2O2/c16-9-4-11-12(5-10(9)17)19(6-13(20)21)15(18-11)14-7-2-1-3-8(7)14/h4-5,7-8,14H,1-3,6H2,(H,20,21). The maximum absolute atomic E-state index is 13.5. The van der Waals surface area contributed by atoms with Crippen molar-refractivity contribution in [2.45, 2.75) is 31.7 Å². The molecule has 21 heavy (non-hydrogen) atoms. The average Bonchev–Trinajstić information content (AvgIpc) is 2.78. The van der Waals surface area contributed by atoms with Crippen molar-refractivity contribution in [3.8, 4) is 0 Å². The van der Waals surface area contributed by atoms with Crippen LogP contribution in [0.15, 0.2) is 12.1 Å². The first kappa shape index (κ1) is 12.7. The Bertz CT molecular complexity index is 746. The van der Waals surface area contributed by atoms with E-state index in [4.69, 9.17) is 5.11 Å². The van der Waals surface area contributed by atoms with Crippen molar-refractivity contribution in [2.24, 2.45) is 11.8 Å². The second-order valence-corrected chi connectivity index (χ2v) is 5.99. The first-order valence-electron chi connectivity index (χ1n) is 7.13. The maximum Gasteiger partial charge on any atom is 0.323 e. The van der Waals surface area contributed by atoms with Gasteiger partial charge < -0.3 is 9.67 Å². The summed E-state index contributed by atoms with van der Waals surface area (Å²) in [6.07, 6.45) is 3.47. The summed E-state index contributed by atoms with van der Waals surface area (Å²) in [6, 6.07) is 2.09. The quantitative estimate of drug-likeness (QED) is 0.946. The van der Waals surface area contributed by atoms with Crippen LogP contribution in [0, 0.1) is 23.5 Å². The number of benzene rings is 1. The minimum Gasteiger partial charge on any atom is -0.480 e. The lowest BCUT2D eigenvalue weighted by Crippen LogP contribution is -2.12. The lowest BCUT2D eigenvalue weighted by Gasteiger charge is -2.07. The normalized spacial score (nSPS) is 27.0. The van der Waals surface area contributed by atoms with Crippen LogP contribution in [-0.4, -0.2) is 20.6 Å². The van der Waals surface area contributed by atoms with Crippen molar-refractivity contribution in [3.05, 3.63) is 29.6 Å². The first-order chi connectivity index (χ1) is 10.1. The predicted octanol–water partition coefficient (Wildman–Crippen LogP) is 2.91. The fourth-order valence-corrected chi connectivity index (χ4v) is 3.90. The van der Waals surface area contributed by atoms with E-state index in [1.165, 1.54) is 11.0 Å². The van der Waals surface area contributed by atoms with Crippen molar-refractivity contribution in [3.63, 3.8) is 0 Å². The average molecular weight is 292 g/mol. The highest BCUT2D eigenvalue weighted by Gasteiger charge is 2.55. The van der Waals surface area contributed by atoms with E-state index in [9.17, 15) is 13.6 Å². The SMILES string of the molecule is O=C(O)Cn1c(C2C3CCCC32)nc2cc(F)c(F)cc21. The molecule has 2 fully saturated rings. The number of carboxylic acids is 1. The van der Waals surface area contributed by atoms with Gasteiger partial charge in [0, 0.05) is 18.1 Å². The molecule has 1 N–H and O–H groups in total. The Hall–Kier alpha value is -1.98. The third-order valence-corrected chi connectivity index (χ3v) is 4.82. The number of carboxylic acid groups (broad SMARTS) is 1. The van der Waals surface area contributed by atoms with Gasteiger partial charge in [0.1, 0.15) is 12.4 Å². The van der Waals surface area contributed by atoms with Crippen LogP contribution in [0.2, 0.25) is 0 Å². The number of halogens is 2. The van der Waals surface area contributed by atoms with Gasteiger partial charge in [-0.25, -0.2) is 13.8 Å². The van der Waals surface area contributed by atoms with E-state index < -0.39 is 17.6 Å². The predicted molar refractivity (Wildman–Crippen MR) is 70.9 cm³/mol. The molecule has 4 nitrogen and oxygen atoms in total. The van der Waals surface area contributed by atoms with Gasteiger partial charge in [-0.3, -0.25) is 4.79 Å². The number of aromatic nitrogens is 2. The van der Waals surface area contributed by atoms with Crippen LogP contribution in [0.1, 0.15) is 31.0 Å². The minimum absolute atomic E-state index is 0.247. The number of imidazole rings is 1. The molecule has 2 aliphatic carbocycles. The molecule has 4 rings (SSSR count). The largest absolute Gasteiger partial charge is 0.480 e. The summed E-state index contributed by atoms with van der Waals surface area (Å²) in [4.78, 5) is 15.5. The monoisotopic (exact) mass is 292 g/mol. The summed E-state index contributed by atoms with van der Waals surface area (Å²) in [5, 5.41) is 9.08. The van der Waals surface area contributed by atoms with Gasteiger partial charge >= 0.3 is 5.97 Å².